The summed E-state index contributed by atoms with van der Waals surface area (Å²) in [5.41, 5.74) is 2.63. The lowest BCUT2D eigenvalue weighted by atomic mass is 10.2. The van der Waals surface area contributed by atoms with Gasteiger partial charge in [0.15, 0.2) is 0 Å². The summed E-state index contributed by atoms with van der Waals surface area (Å²) in [5.74, 6) is -0.196. The van der Waals surface area contributed by atoms with Gasteiger partial charge in [-0.1, -0.05) is 24.3 Å². The molecule has 146 valence electrons. The molecule has 0 fully saturated rings. The van der Waals surface area contributed by atoms with E-state index < -0.39 is 10.0 Å². The zero-order chi connectivity index (χ0) is 20.0. The van der Waals surface area contributed by atoms with Crippen LogP contribution in [0.4, 0.5) is 11.4 Å². The molecule has 0 radical (unpaired) electrons. The number of primary sulfonamides is 1. The van der Waals surface area contributed by atoms with Gasteiger partial charge in [0.2, 0.25) is 15.9 Å². The summed E-state index contributed by atoms with van der Waals surface area (Å²) in [6.07, 6.45) is 0.263. The Labute approximate surface area is 168 Å². The second-order valence-electron chi connectivity index (χ2n) is 6.26. The molecule has 1 heterocycles. The number of benzene rings is 2. The molecule has 0 unspecified atom stereocenters. The Bertz CT molecular complexity index is 1020. The van der Waals surface area contributed by atoms with Gasteiger partial charge in [-0.3, -0.25) is 4.79 Å². The molecule has 0 aliphatic rings. The number of hydrogen-bond acceptors (Lipinski definition) is 5. The zero-order valence-electron chi connectivity index (χ0n) is 15.1. The number of carbonyl (C=O) groups excluding carboxylic acids is 1. The molecule has 0 spiro atoms. The fourth-order valence-corrected chi connectivity index (χ4v) is 3.97. The first-order valence-electron chi connectivity index (χ1n) is 8.65. The number of nitrogens with zero attached hydrogens (tertiary/aromatic N) is 1. The fourth-order valence-electron chi connectivity index (χ4n) is 2.75. The van der Waals surface area contributed by atoms with E-state index in [9.17, 15) is 13.2 Å². The summed E-state index contributed by atoms with van der Waals surface area (Å²) in [7, 11) is -3.81. The van der Waals surface area contributed by atoms with Crippen molar-refractivity contribution in [2.45, 2.75) is 17.9 Å². The highest BCUT2D eigenvalue weighted by atomic mass is 32.2. The Kier molecular flexibility index (Phi) is 6.45. The lowest BCUT2D eigenvalue weighted by Crippen LogP contribution is -2.27. The number of sulfonamides is 1. The molecular formula is C20H21N3O3S2. The van der Waals surface area contributed by atoms with E-state index in [0.717, 1.165) is 5.69 Å². The minimum absolute atomic E-state index is 0.0336. The first-order chi connectivity index (χ1) is 13.4. The van der Waals surface area contributed by atoms with Gasteiger partial charge in [0.05, 0.1) is 4.90 Å². The van der Waals surface area contributed by atoms with Crippen LogP contribution in [0.5, 0.6) is 0 Å². The van der Waals surface area contributed by atoms with Gasteiger partial charge in [-0.15, -0.1) is 0 Å². The minimum Gasteiger partial charge on any atom is -0.367 e. The largest absolute Gasteiger partial charge is 0.367 e. The van der Waals surface area contributed by atoms with Crippen LogP contribution in [0.3, 0.4) is 0 Å². The number of nitrogens with one attached hydrogen (secondary N) is 1. The van der Waals surface area contributed by atoms with E-state index in [1.807, 2.05) is 35.7 Å². The molecule has 0 bridgehead atoms. The first kappa shape index (κ1) is 20.1. The number of anilines is 2. The fraction of sp³-hybridized carbons (Fsp3) is 0.150. The Balaban J connectivity index is 1.65. The predicted octanol–water partition coefficient (Wildman–Crippen LogP) is 3.43. The van der Waals surface area contributed by atoms with Crippen molar-refractivity contribution < 1.29 is 13.2 Å². The summed E-state index contributed by atoms with van der Waals surface area (Å²) in [4.78, 5) is 14.5. The van der Waals surface area contributed by atoms with E-state index >= 15 is 0 Å². The molecule has 8 heteroatoms. The van der Waals surface area contributed by atoms with Crippen molar-refractivity contribution in [3.63, 3.8) is 0 Å². The molecule has 28 heavy (non-hydrogen) atoms. The van der Waals surface area contributed by atoms with Gasteiger partial charge in [-0.2, -0.15) is 11.3 Å². The molecular weight excluding hydrogens is 394 g/mol. The monoisotopic (exact) mass is 415 g/mol. The van der Waals surface area contributed by atoms with Crippen molar-refractivity contribution in [3.8, 4) is 0 Å². The molecule has 1 amide bonds. The third kappa shape index (κ3) is 5.66. The quantitative estimate of drug-likeness (QED) is 0.589. The highest BCUT2D eigenvalue weighted by Crippen LogP contribution is 2.19. The van der Waals surface area contributed by atoms with Crippen molar-refractivity contribution in [3.05, 3.63) is 77.0 Å². The first-order valence-corrected chi connectivity index (χ1v) is 11.1. The van der Waals surface area contributed by atoms with Crippen LogP contribution >= 0.6 is 11.3 Å². The molecule has 1 aromatic heterocycles. The van der Waals surface area contributed by atoms with Gasteiger partial charge in [-0.05, 0) is 52.7 Å². The van der Waals surface area contributed by atoms with Crippen LogP contribution in [-0.4, -0.2) is 20.9 Å². The summed E-state index contributed by atoms with van der Waals surface area (Å²) >= 11 is 1.64. The number of nitrogens with two attached hydrogens (primary N) is 1. The van der Waals surface area contributed by atoms with Crippen molar-refractivity contribution in [1.82, 2.24) is 0 Å². The average molecular weight is 416 g/mol. The molecule has 0 aliphatic carbocycles. The van der Waals surface area contributed by atoms with Gasteiger partial charge in [0, 0.05) is 30.9 Å². The normalized spacial score (nSPS) is 11.2. The second-order valence-corrected chi connectivity index (χ2v) is 8.60. The maximum Gasteiger partial charge on any atom is 0.238 e. The number of para-hydroxylation sites is 1. The average Bonchev–Trinajstić information content (AvgIpc) is 3.18. The molecule has 3 N–H and O–H groups in total. The number of rotatable bonds is 8. The Hall–Kier alpha value is -2.68. The van der Waals surface area contributed by atoms with E-state index in [2.05, 4.69) is 21.7 Å². The molecule has 3 aromatic rings. The van der Waals surface area contributed by atoms with Crippen molar-refractivity contribution in [1.29, 1.82) is 0 Å². The third-order valence-electron chi connectivity index (χ3n) is 4.13. The number of carbonyl (C=O) groups is 1. The lowest BCUT2D eigenvalue weighted by molar-refractivity contribution is -0.116. The minimum atomic E-state index is -3.81. The van der Waals surface area contributed by atoms with Crippen LogP contribution in [0.25, 0.3) is 0 Å². The zero-order valence-corrected chi connectivity index (χ0v) is 16.7. The summed E-state index contributed by atoms with van der Waals surface area (Å²) in [6.45, 7) is 1.24. The lowest BCUT2D eigenvalue weighted by Gasteiger charge is -2.24. The van der Waals surface area contributed by atoms with E-state index in [4.69, 9.17) is 5.14 Å². The molecule has 6 nitrogen and oxygen atoms in total. The summed E-state index contributed by atoms with van der Waals surface area (Å²) in [5, 5.41) is 12.0. The summed E-state index contributed by atoms with van der Waals surface area (Å²) < 4.78 is 22.9. The van der Waals surface area contributed by atoms with E-state index in [-0.39, 0.29) is 17.2 Å². The van der Waals surface area contributed by atoms with Gasteiger partial charge in [-0.25, -0.2) is 13.6 Å². The van der Waals surface area contributed by atoms with Crippen molar-refractivity contribution in [2.75, 3.05) is 16.8 Å². The SMILES string of the molecule is NS(=O)(=O)c1cccc(NC(=O)CCN(Cc2ccsc2)c2ccccc2)c1. The maximum atomic E-state index is 12.4. The van der Waals surface area contributed by atoms with Crippen molar-refractivity contribution >= 4 is 38.6 Å². The smallest absolute Gasteiger partial charge is 0.238 e. The standard InChI is InChI=1S/C20H21N3O3S2/c21-28(25,26)19-8-4-5-17(13-19)22-20(24)9-11-23(14-16-10-12-27-15-16)18-6-2-1-3-7-18/h1-8,10,12-13,15H,9,11,14H2,(H,22,24)(H2,21,25,26). The summed E-state index contributed by atoms with van der Waals surface area (Å²) in [6, 6.07) is 17.9. The Morgan fingerprint density at radius 3 is 2.54 bits per heavy atom. The van der Waals surface area contributed by atoms with Crippen molar-refractivity contribution in [2.24, 2.45) is 5.14 Å². The Morgan fingerprint density at radius 2 is 1.86 bits per heavy atom. The topological polar surface area (TPSA) is 92.5 Å². The van der Waals surface area contributed by atoms with Crippen LogP contribution in [0.1, 0.15) is 12.0 Å². The predicted molar refractivity (Wildman–Crippen MR) is 113 cm³/mol. The second kappa shape index (κ2) is 9.01. The third-order valence-corrected chi connectivity index (χ3v) is 5.77. The van der Waals surface area contributed by atoms with E-state index in [1.54, 1.807) is 23.5 Å². The molecule has 0 saturated heterocycles. The van der Waals surface area contributed by atoms with Crippen LogP contribution in [0.2, 0.25) is 0 Å². The number of hydrogen-bond donors (Lipinski definition) is 2. The van der Waals surface area contributed by atoms with Gasteiger partial charge in [0.25, 0.3) is 0 Å². The van der Waals surface area contributed by atoms with E-state index in [1.165, 1.54) is 17.7 Å². The highest BCUT2D eigenvalue weighted by Gasteiger charge is 2.12. The van der Waals surface area contributed by atoms with Crippen LogP contribution in [0, 0.1) is 0 Å². The molecule has 2 aromatic carbocycles. The molecule has 0 saturated carbocycles. The maximum absolute atomic E-state index is 12.4. The molecule has 0 aliphatic heterocycles. The molecule has 0 atom stereocenters. The number of thiophene rings is 1. The molecule has 3 rings (SSSR count). The van der Waals surface area contributed by atoms with E-state index in [0.29, 0.717) is 18.8 Å². The van der Waals surface area contributed by atoms with Gasteiger partial charge < -0.3 is 10.2 Å². The number of amides is 1. The van der Waals surface area contributed by atoms with Crippen LogP contribution < -0.4 is 15.4 Å². The van der Waals surface area contributed by atoms with Gasteiger partial charge >= 0.3 is 0 Å². The van der Waals surface area contributed by atoms with Crippen LogP contribution in [0.15, 0.2) is 76.3 Å². The highest BCUT2D eigenvalue weighted by molar-refractivity contribution is 7.89. The van der Waals surface area contributed by atoms with Gasteiger partial charge in [0.1, 0.15) is 0 Å². The Morgan fingerprint density at radius 1 is 1.07 bits per heavy atom. The van der Waals surface area contributed by atoms with Crippen LogP contribution in [-0.2, 0) is 21.4 Å².